The number of carbonyl (C=O) groups excluding carboxylic acids is 1. The Kier molecular flexibility index (Phi) is 6.22. The molecule has 0 N–H and O–H groups in total. The van der Waals surface area contributed by atoms with Gasteiger partial charge in [-0.1, -0.05) is 6.07 Å². The van der Waals surface area contributed by atoms with Crippen LogP contribution in [-0.4, -0.2) is 36.6 Å². The highest BCUT2D eigenvalue weighted by atomic mass is 32.1. The van der Waals surface area contributed by atoms with Crippen molar-refractivity contribution in [1.29, 1.82) is 0 Å². The van der Waals surface area contributed by atoms with Gasteiger partial charge < -0.3 is 4.74 Å². The van der Waals surface area contributed by atoms with Crippen molar-refractivity contribution in [2.24, 2.45) is 0 Å². The van der Waals surface area contributed by atoms with Crippen molar-refractivity contribution in [2.75, 3.05) is 19.7 Å². The molecular formula is C13H21NO2S. The summed E-state index contributed by atoms with van der Waals surface area (Å²) in [7, 11) is 0. The van der Waals surface area contributed by atoms with Gasteiger partial charge in [0.1, 0.15) is 0 Å². The highest BCUT2D eigenvalue weighted by Gasteiger charge is 2.14. The van der Waals surface area contributed by atoms with E-state index in [0.29, 0.717) is 19.2 Å². The number of rotatable bonds is 7. The standard InChI is InChI=1S/C13H21NO2S/c1-4-16-13(15)10-14(11(2)3)8-7-12-6-5-9-17-12/h5-6,9,11H,4,7-8,10H2,1-3H3. The second-order valence-corrected chi connectivity index (χ2v) is 5.23. The number of thiophene rings is 1. The predicted molar refractivity (Wildman–Crippen MR) is 71.4 cm³/mol. The summed E-state index contributed by atoms with van der Waals surface area (Å²) in [6.07, 6.45) is 0.995. The van der Waals surface area contributed by atoms with E-state index in [2.05, 4.69) is 36.3 Å². The first-order valence-corrected chi connectivity index (χ1v) is 6.93. The zero-order chi connectivity index (χ0) is 12.7. The fourth-order valence-electron chi connectivity index (χ4n) is 1.60. The Bertz CT molecular complexity index is 322. The molecule has 0 bridgehead atoms. The molecule has 0 saturated carbocycles. The molecular weight excluding hydrogens is 234 g/mol. The molecule has 1 rings (SSSR count). The maximum absolute atomic E-state index is 11.5. The lowest BCUT2D eigenvalue weighted by molar-refractivity contribution is -0.144. The molecule has 96 valence electrons. The third-order valence-electron chi connectivity index (χ3n) is 2.59. The monoisotopic (exact) mass is 255 g/mol. The quantitative estimate of drug-likeness (QED) is 0.701. The second kappa shape index (κ2) is 7.45. The van der Waals surface area contributed by atoms with Crippen molar-refractivity contribution in [3.8, 4) is 0 Å². The number of hydrogen-bond acceptors (Lipinski definition) is 4. The third-order valence-corrected chi connectivity index (χ3v) is 3.53. The minimum Gasteiger partial charge on any atom is -0.465 e. The molecule has 0 aliphatic carbocycles. The van der Waals surface area contributed by atoms with E-state index in [0.717, 1.165) is 13.0 Å². The molecule has 1 aromatic heterocycles. The van der Waals surface area contributed by atoms with E-state index >= 15 is 0 Å². The number of ether oxygens (including phenoxy) is 1. The van der Waals surface area contributed by atoms with Crippen LogP contribution in [-0.2, 0) is 16.0 Å². The van der Waals surface area contributed by atoms with Gasteiger partial charge in [-0.05, 0) is 38.6 Å². The topological polar surface area (TPSA) is 29.5 Å². The molecule has 0 saturated heterocycles. The van der Waals surface area contributed by atoms with Gasteiger partial charge in [0, 0.05) is 17.5 Å². The molecule has 0 amide bonds. The first kappa shape index (κ1) is 14.2. The van der Waals surface area contributed by atoms with Gasteiger partial charge in [-0.2, -0.15) is 0 Å². The summed E-state index contributed by atoms with van der Waals surface area (Å²) >= 11 is 1.76. The van der Waals surface area contributed by atoms with E-state index in [-0.39, 0.29) is 5.97 Å². The normalized spacial score (nSPS) is 11.1. The van der Waals surface area contributed by atoms with Crippen LogP contribution in [0.3, 0.4) is 0 Å². The van der Waals surface area contributed by atoms with Crippen molar-refractivity contribution in [2.45, 2.75) is 33.2 Å². The second-order valence-electron chi connectivity index (χ2n) is 4.20. The van der Waals surface area contributed by atoms with E-state index < -0.39 is 0 Å². The summed E-state index contributed by atoms with van der Waals surface area (Å²) in [6, 6.07) is 4.55. The van der Waals surface area contributed by atoms with Gasteiger partial charge in [-0.25, -0.2) is 0 Å². The van der Waals surface area contributed by atoms with Crippen LogP contribution in [0.25, 0.3) is 0 Å². The highest BCUT2D eigenvalue weighted by molar-refractivity contribution is 7.09. The predicted octanol–water partition coefficient (Wildman–Crippen LogP) is 2.56. The Labute approximate surface area is 107 Å². The molecule has 0 fully saturated rings. The molecule has 0 unspecified atom stereocenters. The van der Waals surface area contributed by atoms with Gasteiger partial charge in [0.25, 0.3) is 0 Å². The van der Waals surface area contributed by atoms with Crippen molar-refractivity contribution in [3.63, 3.8) is 0 Å². The Morgan fingerprint density at radius 1 is 1.53 bits per heavy atom. The van der Waals surface area contributed by atoms with Crippen LogP contribution in [0.15, 0.2) is 17.5 Å². The van der Waals surface area contributed by atoms with E-state index in [9.17, 15) is 4.79 Å². The number of hydrogen-bond donors (Lipinski definition) is 0. The molecule has 0 aromatic carbocycles. The fourth-order valence-corrected chi connectivity index (χ4v) is 2.30. The summed E-state index contributed by atoms with van der Waals surface area (Å²) in [6.45, 7) is 7.79. The molecule has 3 nitrogen and oxygen atoms in total. The zero-order valence-electron chi connectivity index (χ0n) is 10.8. The Morgan fingerprint density at radius 2 is 2.29 bits per heavy atom. The maximum Gasteiger partial charge on any atom is 0.320 e. The third kappa shape index (κ3) is 5.33. The molecule has 1 heterocycles. The van der Waals surface area contributed by atoms with Gasteiger partial charge in [-0.15, -0.1) is 11.3 Å². The molecule has 4 heteroatoms. The van der Waals surface area contributed by atoms with Crippen LogP contribution in [0.5, 0.6) is 0 Å². The SMILES string of the molecule is CCOC(=O)CN(CCc1cccs1)C(C)C. The molecule has 17 heavy (non-hydrogen) atoms. The Hall–Kier alpha value is -0.870. The maximum atomic E-state index is 11.5. The number of esters is 1. The lowest BCUT2D eigenvalue weighted by Crippen LogP contribution is -2.37. The number of carbonyl (C=O) groups is 1. The minimum atomic E-state index is -0.132. The average Bonchev–Trinajstić information content (AvgIpc) is 2.77. The lowest BCUT2D eigenvalue weighted by Gasteiger charge is -2.24. The summed E-state index contributed by atoms with van der Waals surface area (Å²) in [5, 5.41) is 2.08. The van der Waals surface area contributed by atoms with Gasteiger partial charge in [-0.3, -0.25) is 9.69 Å². The van der Waals surface area contributed by atoms with E-state index in [4.69, 9.17) is 4.74 Å². The highest BCUT2D eigenvalue weighted by Crippen LogP contribution is 2.10. The summed E-state index contributed by atoms with van der Waals surface area (Å²) in [4.78, 5) is 15.0. The van der Waals surface area contributed by atoms with Gasteiger partial charge in [0.15, 0.2) is 0 Å². The van der Waals surface area contributed by atoms with Gasteiger partial charge >= 0.3 is 5.97 Å². The van der Waals surface area contributed by atoms with Crippen molar-refractivity contribution in [1.82, 2.24) is 4.90 Å². The molecule has 1 aromatic rings. The van der Waals surface area contributed by atoms with E-state index in [1.807, 2.05) is 6.92 Å². The van der Waals surface area contributed by atoms with E-state index in [1.165, 1.54) is 4.88 Å². The van der Waals surface area contributed by atoms with Crippen LogP contribution in [0.1, 0.15) is 25.6 Å². The molecule has 0 aliphatic heterocycles. The van der Waals surface area contributed by atoms with Crippen molar-refractivity contribution < 1.29 is 9.53 Å². The molecule has 0 spiro atoms. The summed E-state index contributed by atoms with van der Waals surface area (Å²) < 4.78 is 4.98. The summed E-state index contributed by atoms with van der Waals surface area (Å²) in [5.74, 6) is -0.132. The van der Waals surface area contributed by atoms with E-state index in [1.54, 1.807) is 11.3 Å². The Morgan fingerprint density at radius 3 is 2.82 bits per heavy atom. The minimum absolute atomic E-state index is 0.132. The number of nitrogens with zero attached hydrogens (tertiary/aromatic N) is 1. The smallest absolute Gasteiger partial charge is 0.320 e. The van der Waals surface area contributed by atoms with Gasteiger partial charge in [0.05, 0.1) is 13.2 Å². The molecule has 0 radical (unpaired) electrons. The summed E-state index contributed by atoms with van der Waals surface area (Å²) in [5.41, 5.74) is 0. The van der Waals surface area contributed by atoms with Crippen molar-refractivity contribution >= 4 is 17.3 Å². The molecule has 0 atom stereocenters. The average molecular weight is 255 g/mol. The molecule has 0 aliphatic rings. The van der Waals surface area contributed by atoms with Crippen LogP contribution in [0.2, 0.25) is 0 Å². The van der Waals surface area contributed by atoms with Crippen molar-refractivity contribution in [3.05, 3.63) is 22.4 Å². The van der Waals surface area contributed by atoms with Crippen LogP contribution >= 0.6 is 11.3 Å². The van der Waals surface area contributed by atoms with Crippen LogP contribution in [0.4, 0.5) is 0 Å². The first-order valence-electron chi connectivity index (χ1n) is 6.05. The van der Waals surface area contributed by atoms with Crippen LogP contribution in [0, 0.1) is 0 Å². The van der Waals surface area contributed by atoms with Crippen LogP contribution < -0.4 is 0 Å². The van der Waals surface area contributed by atoms with Gasteiger partial charge in [0.2, 0.25) is 0 Å². The lowest BCUT2D eigenvalue weighted by atomic mass is 10.2. The zero-order valence-corrected chi connectivity index (χ0v) is 11.6. The first-order chi connectivity index (χ1) is 8.13. The fraction of sp³-hybridized carbons (Fsp3) is 0.615. The largest absolute Gasteiger partial charge is 0.465 e. The Balaban J connectivity index is 2.40.